The summed E-state index contributed by atoms with van der Waals surface area (Å²) >= 11 is 0. The van der Waals surface area contributed by atoms with Crippen molar-refractivity contribution in [3.63, 3.8) is 0 Å². The van der Waals surface area contributed by atoms with E-state index in [4.69, 9.17) is 4.74 Å². The number of aliphatic hydroxyl groups is 1. The highest BCUT2D eigenvalue weighted by Gasteiger charge is 2.56. The van der Waals surface area contributed by atoms with E-state index >= 15 is 0 Å². The Morgan fingerprint density at radius 3 is 2.42 bits per heavy atom. The molecule has 4 nitrogen and oxygen atoms in total. The summed E-state index contributed by atoms with van der Waals surface area (Å²) in [5.74, 6) is 0.565. The van der Waals surface area contributed by atoms with Gasteiger partial charge in [0, 0.05) is 18.5 Å². The second-order valence-corrected chi connectivity index (χ2v) is 12.1. The summed E-state index contributed by atoms with van der Waals surface area (Å²) in [5, 5.41) is 12.4. The van der Waals surface area contributed by atoms with Crippen LogP contribution in [-0.4, -0.2) is 41.2 Å². The van der Waals surface area contributed by atoms with E-state index in [-0.39, 0.29) is 35.4 Å². The highest BCUT2D eigenvalue weighted by atomic mass is 16.6. The maximum absolute atomic E-state index is 13.3. The van der Waals surface area contributed by atoms with Crippen LogP contribution in [0.4, 0.5) is 0 Å². The average molecular weight is 486 g/mol. The number of ether oxygens (including phenoxy) is 1. The Bertz CT molecular complexity index is 1080. The lowest BCUT2D eigenvalue weighted by Crippen LogP contribution is -2.51. The van der Waals surface area contributed by atoms with Crippen LogP contribution in [0.15, 0.2) is 72.8 Å². The summed E-state index contributed by atoms with van der Waals surface area (Å²) < 4.78 is 6.07. The molecule has 2 aliphatic carbocycles. The molecule has 6 rings (SSSR count). The highest BCUT2D eigenvalue weighted by Crippen LogP contribution is 2.57. The second kappa shape index (κ2) is 9.15. The quantitative estimate of drug-likeness (QED) is 0.436. The Morgan fingerprint density at radius 2 is 1.75 bits per heavy atom. The van der Waals surface area contributed by atoms with Crippen molar-refractivity contribution in [1.82, 2.24) is 4.90 Å². The summed E-state index contributed by atoms with van der Waals surface area (Å²) in [4.78, 5) is 15.7. The molecule has 0 radical (unpaired) electrons. The zero-order chi connectivity index (χ0) is 24.9. The van der Waals surface area contributed by atoms with Gasteiger partial charge in [0.05, 0.1) is 5.92 Å². The van der Waals surface area contributed by atoms with Crippen molar-refractivity contribution in [2.24, 2.45) is 23.2 Å². The Balaban J connectivity index is 1.29. The molecule has 2 heterocycles. The number of fused-ring (bicyclic) bond motifs is 2. The molecule has 0 aromatic heterocycles. The molecule has 2 saturated heterocycles. The molecular weight excluding hydrogens is 446 g/mol. The lowest BCUT2D eigenvalue weighted by molar-refractivity contribution is -0.146. The van der Waals surface area contributed by atoms with Crippen molar-refractivity contribution in [2.75, 3.05) is 13.1 Å². The molecule has 6 atom stereocenters. The molecule has 0 bridgehead atoms. The minimum atomic E-state index is -1.14. The van der Waals surface area contributed by atoms with Gasteiger partial charge in [0.15, 0.2) is 0 Å². The molecule has 1 N–H and O–H groups in total. The topological polar surface area (TPSA) is 49.8 Å². The van der Waals surface area contributed by atoms with Crippen LogP contribution in [0.25, 0.3) is 0 Å². The maximum Gasteiger partial charge on any atom is 0.310 e. The van der Waals surface area contributed by atoms with E-state index in [0.29, 0.717) is 12.5 Å². The van der Waals surface area contributed by atoms with Crippen LogP contribution >= 0.6 is 0 Å². The Hall–Kier alpha value is -2.43. The first-order valence-corrected chi connectivity index (χ1v) is 13.9. The molecule has 0 amide bonds. The van der Waals surface area contributed by atoms with Gasteiger partial charge in [-0.05, 0) is 74.0 Å². The van der Waals surface area contributed by atoms with Crippen LogP contribution < -0.4 is 0 Å². The van der Waals surface area contributed by atoms with Crippen LogP contribution in [0.2, 0.25) is 0 Å². The smallest absolute Gasteiger partial charge is 0.310 e. The number of nitrogens with zero attached hydrogens (tertiary/aromatic N) is 1. The average Bonchev–Trinajstić information content (AvgIpc) is 3.47. The van der Waals surface area contributed by atoms with Crippen LogP contribution in [-0.2, 0) is 15.1 Å². The van der Waals surface area contributed by atoms with E-state index in [2.05, 4.69) is 18.4 Å². The van der Waals surface area contributed by atoms with Gasteiger partial charge in [0.1, 0.15) is 11.7 Å². The molecule has 4 fully saturated rings. The number of rotatable bonds is 5. The zero-order valence-electron chi connectivity index (χ0n) is 21.4. The summed E-state index contributed by atoms with van der Waals surface area (Å²) in [6.07, 6.45) is 7.44. The summed E-state index contributed by atoms with van der Waals surface area (Å²) in [6.45, 7) is 8.38. The van der Waals surface area contributed by atoms with Gasteiger partial charge in [-0.3, -0.25) is 9.69 Å². The number of benzene rings is 2. The normalized spacial score (nSPS) is 34.8. The molecule has 0 unspecified atom stereocenters. The number of allylic oxidation sites excluding steroid dienone is 1. The van der Waals surface area contributed by atoms with E-state index in [1.54, 1.807) is 0 Å². The predicted molar refractivity (Wildman–Crippen MR) is 141 cm³/mol. The van der Waals surface area contributed by atoms with Gasteiger partial charge in [-0.25, -0.2) is 0 Å². The molecule has 4 aliphatic rings. The molecule has 2 aliphatic heterocycles. The van der Waals surface area contributed by atoms with Gasteiger partial charge in [-0.15, -0.1) is 0 Å². The molecule has 2 aromatic rings. The number of esters is 1. The van der Waals surface area contributed by atoms with Crippen molar-refractivity contribution in [2.45, 2.75) is 69.6 Å². The first kappa shape index (κ1) is 23.9. The second-order valence-electron chi connectivity index (χ2n) is 12.1. The molecule has 2 saturated carbocycles. The molecule has 0 spiro atoms. The number of likely N-dealkylation sites (tertiary alicyclic amines) is 1. The minimum Gasteiger partial charge on any atom is -0.462 e. The van der Waals surface area contributed by atoms with E-state index in [1.807, 2.05) is 60.7 Å². The zero-order valence-corrected chi connectivity index (χ0v) is 21.4. The SMILES string of the molecule is C=C1CCC[C@]2(C)C[C@H]3OC(=O)[C@@H](CN4CCC[C@@H]4C(O)(c4ccccc4)c4ccccc4)[C@H]3C[C@@H]12. The van der Waals surface area contributed by atoms with Crippen molar-refractivity contribution in [3.05, 3.63) is 83.9 Å². The van der Waals surface area contributed by atoms with Crippen molar-refractivity contribution in [1.29, 1.82) is 0 Å². The van der Waals surface area contributed by atoms with Gasteiger partial charge < -0.3 is 9.84 Å². The number of carbonyl (C=O) groups excluding carboxylic acids is 1. The third kappa shape index (κ3) is 3.85. The fourth-order valence-electron chi connectivity index (χ4n) is 8.17. The first-order chi connectivity index (χ1) is 17.4. The lowest BCUT2D eigenvalue weighted by Gasteiger charge is -2.50. The summed E-state index contributed by atoms with van der Waals surface area (Å²) in [6, 6.07) is 20.0. The van der Waals surface area contributed by atoms with E-state index in [1.165, 1.54) is 18.4 Å². The summed E-state index contributed by atoms with van der Waals surface area (Å²) in [5.41, 5.74) is 2.27. The van der Waals surface area contributed by atoms with Crippen molar-refractivity contribution in [3.8, 4) is 0 Å². The number of hydrogen-bond acceptors (Lipinski definition) is 4. The Kier molecular flexibility index (Phi) is 6.08. The van der Waals surface area contributed by atoms with Gasteiger partial charge >= 0.3 is 5.97 Å². The third-order valence-corrected chi connectivity index (χ3v) is 10.0. The van der Waals surface area contributed by atoms with Crippen LogP contribution in [0.1, 0.15) is 63.0 Å². The third-order valence-electron chi connectivity index (χ3n) is 10.0. The van der Waals surface area contributed by atoms with Crippen molar-refractivity contribution < 1.29 is 14.6 Å². The van der Waals surface area contributed by atoms with Gasteiger partial charge in [0.25, 0.3) is 0 Å². The van der Waals surface area contributed by atoms with Crippen LogP contribution in [0.5, 0.6) is 0 Å². The lowest BCUT2D eigenvalue weighted by atomic mass is 9.55. The predicted octanol–water partition coefficient (Wildman–Crippen LogP) is 5.70. The number of hydrogen-bond donors (Lipinski definition) is 1. The Labute approximate surface area is 215 Å². The van der Waals surface area contributed by atoms with Crippen LogP contribution in [0, 0.1) is 23.2 Å². The number of carbonyl (C=O) groups is 1. The molecule has 2 aromatic carbocycles. The molecule has 36 heavy (non-hydrogen) atoms. The minimum absolute atomic E-state index is 0.0258. The van der Waals surface area contributed by atoms with Gasteiger partial charge in [0.2, 0.25) is 0 Å². The monoisotopic (exact) mass is 485 g/mol. The molecular formula is C32H39NO3. The standard InChI is InChI=1S/C32H39NO3/c1-22-11-9-17-31(2)20-28-25(19-27(22)31)26(30(34)36-28)21-33-18-10-16-29(33)32(35,23-12-5-3-6-13-23)24-14-7-4-8-15-24/h3-8,12-15,25-29,35H,1,9-11,16-21H2,2H3/t25-,26+,27+,28-,29-,31-/m1/s1. The van der Waals surface area contributed by atoms with E-state index in [0.717, 1.165) is 49.8 Å². The molecule has 190 valence electrons. The first-order valence-electron chi connectivity index (χ1n) is 13.9. The van der Waals surface area contributed by atoms with Gasteiger partial charge in [-0.1, -0.05) is 79.7 Å². The van der Waals surface area contributed by atoms with Crippen molar-refractivity contribution >= 4 is 5.97 Å². The Morgan fingerprint density at radius 1 is 1.08 bits per heavy atom. The largest absolute Gasteiger partial charge is 0.462 e. The van der Waals surface area contributed by atoms with E-state index < -0.39 is 5.60 Å². The van der Waals surface area contributed by atoms with E-state index in [9.17, 15) is 9.90 Å². The molecule has 4 heteroatoms. The fourth-order valence-corrected chi connectivity index (χ4v) is 8.17. The maximum atomic E-state index is 13.3. The fraction of sp³-hybridized carbons (Fsp3) is 0.531. The highest BCUT2D eigenvalue weighted by molar-refractivity contribution is 5.75. The van der Waals surface area contributed by atoms with Crippen LogP contribution in [0.3, 0.4) is 0 Å². The summed E-state index contributed by atoms with van der Waals surface area (Å²) in [7, 11) is 0. The van der Waals surface area contributed by atoms with Gasteiger partial charge in [-0.2, -0.15) is 0 Å².